The molecule has 112 valence electrons. The topological polar surface area (TPSA) is 37.8 Å². The summed E-state index contributed by atoms with van der Waals surface area (Å²) < 4.78 is 37.7. The van der Waals surface area contributed by atoms with E-state index in [0.29, 0.717) is 17.2 Å². The Labute approximate surface area is 121 Å². The maximum Gasteiger partial charge on any atom is 0.416 e. The van der Waals surface area contributed by atoms with E-state index in [4.69, 9.17) is 0 Å². The van der Waals surface area contributed by atoms with Crippen LogP contribution >= 0.6 is 0 Å². The average Bonchev–Trinajstić information content (AvgIpc) is 2.46. The summed E-state index contributed by atoms with van der Waals surface area (Å²) in [6.45, 7) is 4.00. The van der Waals surface area contributed by atoms with Crippen molar-refractivity contribution in [3.8, 4) is 11.4 Å². The van der Waals surface area contributed by atoms with Crippen LogP contribution in [0.25, 0.3) is 11.4 Å². The summed E-state index contributed by atoms with van der Waals surface area (Å²) in [5, 5.41) is 2.94. The van der Waals surface area contributed by atoms with Gasteiger partial charge in [-0.3, -0.25) is 0 Å². The molecule has 3 nitrogen and oxygen atoms in total. The number of aromatic nitrogens is 2. The Hall–Kier alpha value is -2.11. The summed E-state index contributed by atoms with van der Waals surface area (Å²) in [5.74, 6) is 1.26. The van der Waals surface area contributed by atoms with Gasteiger partial charge in [0.15, 0.2) is 5.82 Å². The Kier molecular flexibility index (Phi) is 4.16. The van der Waals surface area contributed by atoms with Crippen molar-refractivity contribution in [3.63, 3.8) is 0 Å². The van der Waals surface area contributed by atoms with Gasteiger partial charge in [-0.1, -0.05) is 26.0 Å². The lowest BCUT2D eigenvalue weighted by Crippen LogP contribution is -2.05. The molecule has 21 heavy (non-hydrogen) atoms. The van der Waals surface area contributed by atoms with Gasteiger partial charge in [0.05, 0.1) is 5.56 Å². The number of halogens is 3. The van der Waals surface area contributed by atoms with E-state index in [1.165, 1.54) is 12.1 Å². The van der Waals surface area contributed by atoms with Crippen molar-refractivity contribution < 1.29 is 13.2 Å². The zero-order chi connectivity index (χ0) is 15.6. The molecule has 6 heteroatoms. The van der Waals surface area contributed by atoms with Crippen molar-refractivity contribution in [2.24, 2.45) is 0 Å². The molecule has 0 saturated carbocycles. The molecule has 0 aliphatic rings. The van der Waals surface area contributed by atoms with Gasteiger partial charge in [0, 0.05) is 24.4 Å². The van der Waals surface area contributed by atoms with Gasteiger partial charge < -0.3 is 5.32 Å². The molecule has 1 aromatic carbocycles. The summed E-state index contributed by atoms with van der Waals surface area (Å²) >= 11 is 0. The SMILES string of the molecule is CNc1cc(C(C)C)nc(-c2ccc(C(F)(F)F)cc2)n1. The van der Waals surface area contributed by atoms with Crippen LogP contribution in [0.2, 0.25) is 0 Å². The van der Waals surface area contributed by atoms with Gasteiger partial charge in [0.1, 0.15) is 5.82 Å². The first kappa shape index (κ1) is 15.3. The van der Waals surface area contributed by atoms with Gasteiger partial charge in [0.2, 0.25) is 0 Å². The molecule has 1 aromatic heterocycles. The van der Waals surface area contributed by atoms with E-state index in [1.807, 2.05) is 19.9 Å². The largest absolute Gasteiger partial charge is 0.416 e. The van der Waals surface area contributed by atoms with E-state index in [-0.39, 0.29) is 5.92 Å². The highest BCUT2D eigenvalue weighted by atomic mass is 19.4. The molecule has 1 N–H and O–H groups in total. The van der Waals surface area contributed by atoms with E-state index >= 15 is 0 Å². The van der Waals surface area contributed by atoms with Gasteiger partial charge in [-0.05, 0) is 18.1 Å². The first-order valence-corrected chi connectivity index (χ1v) is 6.55. The second kappa shape index (κ2) is 5.71. The lowest BCUT2D eigenvalue weighted by atomic mass is 10.1. The highest BCUT2D eigenvalue weighted by molar-refractivity contribution is 5.58. The predicted octanol–water partition coefficient (Wildman–Crippen LogP) is 4.33. The van der Waals surface area contributed by atoms with Crippen LogP contribution < -0.4 is 5.32 Å². The molecule has 0 amide bonds. The van der Waals surface area contributed by atoms with Gasteiger partial charge in [0.25, 0.3) is 0 Å². The quantitative estimate of drug-likeness (QED) is 0.916. The minimum Gasteiger partial charge on any atom is -0.373 e. The van der Waals surface area contributed by atoms with Crippen molar-refractivity contribution in [2.75, 3.05) is 12.4 Å². The molecule has 0 bridgehead atoms. The number of rotatable bonds is 3. The van der Waals surface area contributed by atoms with Gasteiger partial charge in [-0.25, -0.2) is 9.97 Å². The fourth-order valence-electron chi connectivity index (χ4n) is 1.83. The zero-order valence-electron chi connectivity index (χ0n) is 12.0. The molecule has 0 spiro atoms. The van der Waals surface area contributed by atoms with E-state index in [9.17, 15) is 13.2 Å². The number of benzene rings is 1. The molecule has 0 atom stereocenters. The highest BCUT2D eigenvalue weighted by Crippen LogP contribution is 2.30. The number of alkyl halides is 3. The van der Waals surface area contributed by atoms with Crippen molar-refractivity contribution in [2.45, 2.75) is 25.9 Å². The van der Waals surface area contributed by atoms with Crippen molar-refractivity contribution >= 4 is 5.82 Å². The molecule has 0 aliphatic heterocycles. The number of hydrogen-bond acceptors (Lipinski definition) is 3. The van der Waals surface area contributed by atoms with Gasteiger partial charge in [-0.2, -0.15) is 13.2 Å². The Bertz CT molecular complexity index is 619. The lowest BCUT2D eigenvalue weighted by molar-refractivity contribution is -0.137. The second-order valence-corrected chi connectivity index (χ2v) is 4.98. The van der Waals surface area contributed by atoms with Gasteiger partial charge >= 0.3 is 6.18 Å². The molecule has 1 heterocycles. The second-order valence-electron chi connectivity index (χ2n) is 4.98. The Morgan fingerprint density at radius 2 is 1.67 bits per heavy atom. The van der Waals surface area contributed by atoms with Crippen LogP contribution in [-0.4, -0.2) is 17.0 Å². The van der Waals surface area contributed by atoms with E-state index in [0.717, 1.165) is 17.8 Å². The lowest BCUT2D eigenvalue weighted by Gasteiger charge is -2.11. The maximum atomic E-state index is 12.6. The fourth-order valence-corrected chi connectivity index (χ4v) is 1.83. The fraction of sp³-hybridized carbons (Fsp3) is 0.333. The van der Waals surface area contributed by atoms with E-state index in [1.54, 1.807) is 7.05 Å². The molecular formula is C15H16F3N3. The Morgan fingerprint density at radius 3 is 2.14 bits per heavy atom. The zero-order valence-corrected chi connectivity index (χ0v) is 12.0. The smallest absolute Gasteiger partial charge is 0.373 e. The monoisotopic (exact) mass is 295 g/mol. The third-order valence-electron chi connectivity index (χ3n) is 3.06. The van der Waals surface area contributed by atoms with Crippen LogP contribution in [0.4, 0.5) is 19.0 Å². The summed E-state index contributed by atoms with van der Waals surface area (Å²) in [6.07, 6.45) is -4.34. The van der Waals surface area contributed by atoms with Crippen LogP contribution in [0.1, 0.15) is 31.0 Å². The maximum absolute atomic E-state index is 12.6. The highest BCUT2D eigenvalue weighted by Gasteiger charge is 2.30. The molecule has 0 radical (unpaired) electrons. The summed E-state index contributed by atoms with van der Waals surface area (Å²) in [4.78, 5) is 8.70. The van der Waals surface area contributed by atoms with Crippen molar-refractivity contribution in [3.05, 3.63) is 41.6 Å². The average molecular weight is 295 g/mol. The molecule has 0 unspecified atom stereocenters. The number of nitrogens with one attached hydrogen (secondary N) is 1. The van der Waals surface area contributed by atoms with Crippen LogP contribution in [-0.2, 0) is 6.18 Å². The summed E-state index contributed by atoms with van der Waals surface area (Å²) in [7, 11) is 1.74. The first-order valence-electron chi connectivity index (χ1n) is 6.55. The summed E-state index contributed by atoms with van der Waals surface area (Å²) in [5.41, 5.74) is 0.714. The number of nitrogens with zero attached hydrogens (tertiary/aromatic N) is 2. The van der Waals surface area contributed by atoms with Crippen molar-refractivity contribution in [1.82, 2.24) is 9.97 Å². The molecule has 0 aliphatic carbocycles. The predicted molar refractivity (Wildman–Crippen MR) is 76.1 cm³/mol. The van der Waals surface area contributed by atoms with Gasteiger partial charge in [-0.15, -0.1) is 0 Å². The third-order valence-corrected chi connectivity index (χ3v) is 3.06. The minimum atomic E-state index is -4.34. The third kappa shape index (κ3) is 3.51. The molecule has 0 saturated heterocycles. The standard InChI is InChI=1S/C15H16F3N3/c1-9(2)12-8-13(19-3)21-14(20-12)10-4-6-11(7-5-10)15(16,17)18/h4-9H,1-3H3,(H,19,20,21). The minimum absolute atomic E-state index is 0.202. The Balaban J connectivity index is 2.44. The number of anilines is 1. The summed E-state index contributed by atoms with van der Waals surface area (Å²) in [6, 6.07) is 6.70. The van der Waals surface area contributed by atoms with Crippen molar-refractivity contribution in [1.29, 1.82) is 0 Å². The van der Waals surface area contributed by atoms with Crippen LogP contribution in [0.5, 0.6) is 0 Å². The molecule has 0 fully saturated rings. The number of hydrogen-bond donors (Lipinski definition) is 1. The molecular weight excluding hydrogens is 279 g/mol. The molecule has 2 rings (SSSR count). The van der Waals surface area contributed by atoms with Crippen LogP contribution in [0.3, 0.4) is 0 Å². The van der Waals surface area contributed by atoms with E-state index in [2.05, 4.69) is 15.3 Å². The normalized spacial score (nSPS) is 11.8. The van der Waals surface area contributed by atoms with Crippen LogP contribution in [0, 0.1) is 0 Å². The first-order chi connectivity index (χ1) is 9.81. The Morgan fingerprint density at radius 1 is 1.05 bits per heavy atom. The van der Waals surface area contributed by atoms with Crippen LogP contribution in [0.15, 0.2) is 30.3 Å². The molecule has 2 aromatic rings. The van der Waals surface area contributed by atoms with E-state index < -0.39 is 11.7 Å².